The molecule has 0 saturated heterocycles. The smallest absolute Gasteiger partial charge is 0.255 e. The van der Waals surface area contributed by atoms with Gasteiger partial charge in [0.15, 0.2) is 0 Å². The van der Waals surface area contributed by atoms with Crippen LogP contribution >= 0.6 is 0 Å². The summed E-state index contributed by atoms with van der Waals surface area (Å²) >= 11 is 0. The number of ether oxygens (including phenoxy) is 1. The summed E-state index contributed by atoms with van der Waals surface area (Å²) in [5.41, 5.74) is 1.33. The molecule has 1 aromatic heterocycles. The lowest BCUT2D eigenvalue weighted by atomic mass is 10.1. The fraction of sp³-hybridized carbons (Fsp3) is 0.211. The molecule has 6 nitrogen and oxygen atoms in total. The molecule has 0 fully saturated rings. The Morgan fingerprint density at radius 3 is 2.64 bits per heavy atom. The van der Waals surface area contributed by atoms with Crippen molar-refractivity contribution in [2.75, 3.05) is 6.61 Å². The fourth-order valence-electron chi connectivity index (χ4n) is 2.39. The first-order valence-electron chi connectivity index (χ1n) is 8.10. The fourth-order valence-corrected chi connectivity index (χ4v) is 2.39. The molecule has 0 bridgehead atoms. The maximum absolute atomic E-state index is 12.5. The minimum absolute atomic E-state index is 0.254. The average molecular weight is 337 g/mol. The second kappa shape index (κ2) is 7.61. The highest BCUT2D eigenvalue weighted by Crippen LogP contribution is 2.21. The van der Waals surface area contributed by atoms with E-state index >= 15 is 0 Å². The lowest BCUT2D eigenvalue weighted by Crippen LogP contribution is -2.27. The van der Waals surface area contributed by atoms with Crippen LogP contribution in [0, 0.1) is 0 Å². The van der Waals surface area contributed by atoms with E-state index in [1.807, 2.05) is 43.3 Å². The summed E-state index contributed by atoms with van der Waals surface area (Å²) in [5.74, 6) is 1.13. The van der Waals surface area contributed by atoms with Crippen molar-refractivity contribution < 1.29 is 14.1 Å². The number of nitrogens with one attached hydrogen (secondary N) is 1. The summed E-state index contributed by atoms with van der Waals surface area (Å²) in [5, 5.41) is 6.83. The van der Waals surface area contributed by atoms with E-state index in [0.717, 1.165) is 5.56 Å². The molecule has 0 unspecified atom stereocenters. The molecule has 0 spiro atoms. The number of carbonyl (C=O) groups is 1. The molecule has 1 atom stereocenters. The predicted octanol–water partition coefficient (Wildman–Crippen LogP) is 3.63. The summed E-state index contributed by atoms with van der Waals surface area (Å²) in [7, 11) is 0. The highest BCUT2D eigenvalue weighted by atomic mass is 16.5. The lowest BCUT2D eigenvalue weighted by Gasteiger charge is -2.12. The van der Waals surface area contributed by atoms with Gasteiger partial charge >= 0.3 is 0 Å². The van der Waals surface area contributed by atoms with Crippen molar-refractivity contribution in [3.8, 4) is 17.1 Å². The number of benzene rings is 2. The first-order chi connectivity index (χ1) is 12.2. The average Bonchev–Trinajstić information content (AvgIpc) is 3.13. The van der Waals surface area contributed by atoms with Crippen LogP contribution in [0.5, 0.6) is 5.75 Å². The predicted molar refractivity (Wildman–Crippen MR) is 93.2 cm³/mol. The standard InChI is InChI=1S/C19H19N3O3/c1-3-24-16-12-8-7-11-15(16)18(23)20-13(2)19-21-17(22-25-19)14-9-5-4-6-10-14/h4-13H,3H2,1-2H3,(H,20,23)/t13-/m0/s1. The number of hydrogen-bond acceptors (Lipinski definition) is 5. The number of carbonyl (C=O) groups excluding carboxylic acids is 1. The SMILES string of the molecule is CCOc1ccccc1C(=O)N[C@@H](C)c1nc(-c2ccccc2)no1. The normalized spacial score (nSPS) is 11.8. The van der Waals surface area contributed by atoms with E-state index in [4.69, 9.17) is 9.26 Å². The van der Waals surface area contributed by atoms with Crippen molar-refractivity contribution in [1.29, 1.82) is 0 Å². The second-order valence-electron chi connectivity index (χ2n) is 5.45. The van der Waals surface area contributed by atoms with E-state index in [1.165, 1.54) is 0 Å². The van der Waals surface area contributed by atoms with Gasteiger partial charge < -0.3 is 14.6 Å². The molecule has 2 aromatic carbocycles. The third-order valence-corrected chi connectivity index (χ3v) is 3.62. The van der Waals surface area contributed by atoms with Gasteiger partial charge in [-0.25, -0.2) is 0 Å². The summed E-state index contributed by atoms with van der Waals surface area (Å²) in [4.78, 5) is 16.9. The van der Waals surface area contributed by atoms with Crippen LogP contribution in [0.4, 0.5) is 0 Å². The Kier molecular flexibility index (Phi) is 5.09. The van der Waals surface area contributed by atoms with Crippen molar-refractivity contribution in [2.24, 2.45) is 0 Å². The van der Waals surface area contributed by atoms with Crippen molar-refractivity contribution in [2.45, 2.75) is 19.9 Å². The lowest BCUT2D eigenvalue weighted by molar-refractivity contribution is 0.0928. The van der Waals surface area contributed by atoms with E-state index in [-0.39, 0.29) is 5.91 Å². The molecule has 0 aliphatic heterocycles. The second-order valence-corrected chi connectivity index (χ2v) is 5.45. The minimum atomic E-state index is -0.424. The van der Waals surface area contributed by atoms with Crippen molar-refractivity contribution in [3.05, 3.63) is 66.1 Å². The Balaban J connectivity index is 1.73. The number of hydrogen-bond donors (Lipinski definition) is 1. The van der Waals surface area contributed by atoms with Crippen LogP contribution < -0.4 is 10.1 Å². The molecule has 6 heteroatoms. The summed E-state index contributed by atoms with van der Waals surface area (Å²) in [6.07, 6.45) is 0. The van der Waals surface area contributed by atoms with E-state index in [0.29, 0.717) is 29.6 Å². The monoisotopic (exact) mass is 337 g/mol. The maximum Gasteiger partial charge on any atom is 0.255 e. The topological polar surface area (TPSA) is 77.2 Å². The van der Waals surface area contributed by atoms with Crippen LogP contribution in [-0.2, 0) is 0 Å². The molecule has 0 radical (unpaired) electrons. The van der Waals surface area contributed by atoms with Gasteiger partial charge in [0.05, 0.1) is 12.2 Å². The Bertz CT molecular complexity index is 846. The molecular weight excluding hydrogens is 318 g/mol. The number of para-hydroxylation sites is 1. The molecule has 3 aromatic rings. The zero-order valence-electron chi connectivity index (χ0n) is 14.1. The molecule has 0 aliphatic rings. The minimum Gasteiger partial charge on any atom is -0.493 e. The van der Waals surface area contributed by atoms with Gasteiger partial charge in [0.2, 0.25) is 11.7 Å². The number of amides is 1. The van der Waals surface area contributed by atoms with E-state index in [1.54, 1.807) is 25.1 Å². The van der Waals surface area contributed by atoms with Gasteiger partial charge in [0, 0.05) is 5.56 Å². The first-order valence-corrected chi connectivity index (χ1v) is 8.10. The van der Waals surface area contributed by atoms with Crippen LogP contribution in [0.2, 0.25) is 0 Å². The van der Waals surface area contributed by atoms with Crippen molar-refractivity contribution in [1.82, 2.24) is 15.5 Å². The van der Waals surface area contributed by atoms with Crippen LogP contribution in [0.3, 0.4) is 0 Å². The molecule has 1 amide bonds. The van der Waals surface area contributed by atoms with Gasteiger partial charge in [-0.15, -0.1) is 0 Å². The van der Waals surface area contributed by atoms with Crippen molar-refractivity contribution in [3.63, 3.8) is 0 Å². The molecule has 1 heterocycles. The summed E-state index contributed by atoms with van der Waals surface area (Å²) < 4.78 is 10.8. The van der Waals surface area contributed by atoms with E-state index < -0.39 is 6.04 Å². The third kappa shape index (κ3) is 3.85. The molecule has 3 rings (SSSR count). The molecule has 128 valence electrons. The number of aromatic nitrogens is 2. The Morgan fingerprint density at radius 1 is 1.16 bits per heavy atom. The maximum atomic E-state index is 12.5. The van der Waals surface area contributed by atoms with Gasteiger partial charge in [-0.3, -0.25) is 4.79 Å². The Labute approximate surface area is 145 Å². The molecule has 1 N–H and O–H groups in total. The Hall–Kier alpha value is -3.15. The van der Waals surface area contributed by atoms with E-state index in [2.05, 4.69) is 15.5 Å². The quantitative estimate of drug-likeness (QED) is 0.743. The molecular formula is C19H19N3O3. The van der Waals surface area contributed by atoms with Gasteiger partial charge in [-0.05, 0) is 26.0 Å². The van der Waals surface area contributed by atoms with Gasteiger partial charge in [0.25, 0.3) is 5.91 Å². The summed E-state index contributed by atoms with van der Waals surface area (Å²) in [6, 6.07) is 16.2. The first kappa shape index (κ1) is 16.7. The van der Waals surface area contributed by atoms with Crippen molar-refractivity contribution >= 4 is 5.91 Å². The highest BCUT2D eigenvalue weighted by molar-refractivity contribution is 5.97. The van der Waals surface area contributed by atoms with Gasteiger partial charge in [-0.2, -0.15) is 4.98 Å². The highest BCUT2D eigenvalue weighted by Gasteiger charge is 2.20. The van der Waals surface area contributed by atoms with Crippen LogP contribution in [-0.4, -0.2) is 22.7 Å². The third-order valence-electron chi connectivity index (χ3n) is 3.62. The van der Waals surface area contributed by atoms with Gasteiger partial charge in [-0.1, -0.05) is 47.6 Å². The van der Waals surface area contributed by atoms with E-state index in [9.17, 15) is 4.79 Å². The summed E-state index contributed by atoms with van der Waals surface area (Å²) in [6.45, 7) is 4.16. The zero-order valence-corrected chi connectivity index (χ0v) is 14.1. The molecule has 25 heavy (non-hydrogen) atoms. The van der Waals surface area contributed by atoms with Crippen LogP contribution in [0.15, 0.2) is 59.1 Å². The Morgan fingerprint density at radius 2 is 1.88 bits per heavy atom. The molecule has 0 saturated carbocycles. The van der Waals surface area contributed by atoms with Gasteiger partial charge in [0.1, 0.15) is 11.8 Å². The van der Waals surface area contributed by atoms with Crippen LogP contribution in [0.25, 0.3) is 11.4 Å². The number of rotatable bonds is 6. The van der Waals surface area contributed by atoms with Crippen LogP contribution in [0.1, 0.15) is 36.1 Å². The zero-order chi connectivity index (χ0) is 17.6. The molecule has 0 aliphatic carbocycles. The largest absolute Gasteiger partial charge is 0.493 e. The number of nitrogens with zero attached hydrogens (tertiary/aromatic N) is 2.